The summed E-state index contributed by atoms with van der Waals surface area (Å²) in [5.74, 6) is 0.0491. The zero-order chi connectivity index (χ0) is 20.6. The third kappa shape index (κ3) is 4.44. The second-order valence-electron chi connectivity index (χ2n) is 7.41. The lowest BCUT2D eigenvalue weighted by molar-refractivity contribution is -0.137. The molecule has 0 unspecified atom stereocenters. The molecule has 1 aromatic heterocycles. The van der Waals surface area contributed by atoms with Crippen LogP contribution in [0.25, 0.3) is 22.0 Å². The number of fused-ring (bicyclic) bond motifs is 1. The number of carbonyl (C=O) groups excluding carboxylic acids is 1. The maximum Gasteiger partial charge on any atom is 0.417 e. The minimum absolute atomic E-state index is 0. The first-order chi connectivity index (χ1) is 13.8. The Morgan fingerprint density at radius 3 is 2.70 bits per heavy atom. The Morgan fingerprint density at radius 2 is 2.00 bits per heavy atom. The molecule has 1 atom stereocenters. The predicted octanol–water partition coefficient (Wildman–Crippen LogP) is 4.92. The smallest absolute Gasteiger partial charge is 0.316 e. The van der Waals surface area contributed by atoms with Crippen molar-refractivity contribution in [2.75, 3.05) is 18.4 Å². The van der Waals surface area contributed by atoms with Crippen LogP contribution < -0.4 is 10.6 Å². The predicted molar refractivity (Wildman–Crippen MR) is 113 cm³/mol. The molecule has 30 heavy (non-hydrogen) atoms. The standard InChI is InChI=1S/C21H21F3N4O.ClH/c1-12-4-6-15(17(9-12)21(22,23)24)13-5-7-18-16(10-13)19(28-27-18)26-20(29)14-3-2-8-25-11-14;/h4-7,9-10,14,25H,2-3,8,11H2,1H3,(H2,26,27,28,29);1H/t14-;/m1./s1. The number of H-pyrrole nitrogens is 1. The Hall–Kier alpha value is -2.58. The van der Waals surface area contributed by atoms with Gasteiger partial charge in [0.1, 0.15) is 0 Å². The molecule has 0 bridgehead atoms. The molecule has 3 aromatic rings. The van der Waals surface area contributed by atoms with Gasteiger partial charge in [-0.1, -0.05) is 23.8 Å². The highest BCUT2D eigenvalue weighted by Crippen LogP contribution is 2.39. The summed E-state index contributed by atoms with van der Waals surface area (Å²) in [5, 5.41) is 13.6. The third-order valence-electron chi connectivity index (χ3n) is 5.26. The van der Waals surface area contributed by atoms with Crippen LogP contribution in [0, 0.1) is 12.8 Å². The number of halogens is 4. The van der Waals surface area contributed by atoms with Crippen LogP contribution in [0.5, 0.6) is 0 Å². The number of piperidine rings is 1. The van der Waals surface area contributed by atoms with E-state index in [0.717, 1.165) is 25.5 Å². The summed E-state index contributed by atoms with van der Waals surface area (Å²) in [5.41, 5.74) is 1.02. The molecule has 5 nitrogen and oxygen atoms in total. The van der Waals surface area contributed by atoms with Gasteiger partial charge in [0.25, 0.3) is 0 Å². The average Bonchev–Trinajstić information content (AvgIpc) is 3.10. The van der Waals surface area contributed by atoms with E-state index < -0.39 is 11.7 Å². The highest BCUT2D eigenvalue weighted by molar-refractivity contribution is 6.01. The Morgan fingerprint density at radius 1 is 1.20 bits per heavy atom. The molecule has 0 spiro atoms. The van der Waals surface area contributed by atoms with Crippen molar-refractivity contribution in [3.63, 3.8) is 0 Å². The van der Waals surface area contributed by atoms with Crippen LogP contribution in [0.15, 0.2) is 36.4 Å². The van der Waals surface area contributed by atoms with Crippen LogP contribution in [-0.2, 0) is 11.0 Å². The number of benzene rings is 2. The van der Waals surface area contributed by atoms with Gasteiger partial charge in [0, 0.05) is 11.9 Å². The van der Waals surface area contributed by atoms with Gasteiger partial charge in [-0.05, 0) is 55.6 Å². The monoisotopic (exact) mass is 438 g/mol. The van der Waals surface area contributed by atoms with Gasteiger partial charge >= 0.3 is 6.18 Å². The zero-order valence-corrected chi connectivity index (χ0v) is 17.1. The summed E-state index contributed by atoms with van der Waals surface area (Å²) in [6.07, 6.45) is -2.74. The van der Waals surface area contributed by atoms with Crippen LogP contribution in [0.3, 0.4) is 0 Å². The number of amides is 1. The maximum absolute atomic E-state index is 13.5. The summed E-state index contributed by atoms with van der Waals surface area (Å²) in [6, 6.07) is 9.21. The lowest BCUT2D eigenvalue weighted by Crippen LogP contribution is -2.37. The number of aryl methyl sites for hydroxylation is 1. The van der Waals surface area contributed by atoms with Crippen molar-refractivity contribution in [2.24, 2.45) is 5.92 Å². The van der Waals surface area contributed by atoms with Crippen LogP contribution in [-0.4, -0.2) is 29.2 Å². The molecule has 0 radical (unpaired) electrons. The largest absolute Gasteiger partial charge is 0.417 e. The summed E-state index contributed by atoms with van der Waals surface area (Å²) in [6.45, 7) is 3.14. The number of nitrogens with zero attached hydrogens (tertiary/aromatic N) is 1. The number of aromatic nitrogens is 2. The van der Waals surface area contributed by atoms with Crippen molar-refractivity contribution < 1.29 is 18.0 Å². The van der Waals surface area contributed by atoms with Crippen molar-refractivity contribution in [1.29, 1.82) is 0 Å². The molecule has 0 saturated carbocycles. The van der Waals surface area contributed by atoms with Crippen LogP contribution in [0.4, 0.5) is 19.0 Å². The number of carbonyl (C=O) groups is 1. The van der Waals surface area contributed by atoms with Gasteiger partial charge in [0.2, 0.25) is 5.91 Å². The highest BCUT2D eigenvalue weighted by Gasteiger charge is 2.34. The normalized spacial score (nSPS) is 16.9. The quantitative estimate of drug-likeness (QED) is 0.543. The number of alkyl halides is 3. The summed E-state index contributed by atoms with van der Waals surface area (Å²) < 4.78 is 40.6. The van der Waals surface area contributed by atoms with E-state index in [0.29, 0.717) is 34.4 Å². The Labute approximate surface area is 177 Å². The van der Waals surface area contributed by atoms with Crippen LogP contribution in [0.2, 0.25) is 0 Å². The van der Waals surface area contributed by atoms with Crippen molar-refractivity contribution >= 4 is 35.0 Å². The minimum atomic E-state index is -4.46. The van der Waals surface area contributed by atoms with E-state index >= 15 is 0 Å². The highest BCUT2D eigenvalue weighted by atomic mass is 35.5. The van der Waals surface area contributed by atoms with Gasteiger partial charge in [0.05, 0.1) is 17.0 Å². The number of rotatable bonds is 3. The topological polar surface area (TPSA) is 69.8 Å². The number of hydrogen-bond acceptors (Lipinski definition) is 3. The first-order valence-electron chi connectivity index (χ1n) is 9.51. The van der Waals surface area contributed by atoms with Gasteiger partial charge in [0.15, 0.2) is 5.82 Å². The van der Waals surface area contributed by atoms with Crippen molar-refractivity contribution in [1.82, 2.24) is 15.5 Å². The molecule has 0 aliphatic carbocycles. The van der Waals surface area contributed by atoms with Crippen molar-refractivity contribution in [3.8, 4) is 11.1 Å². The van der Waals surface area contributed by atoms with E-state index in [-0.39, 0.29) is 29.8 Å². The van der Waals surface area contributed by atoms with E-state index in [1.807, 2.05) is 0 Å². The lowest BCUT2D eigenvalue weighted by Gasteiger charge is -2.21. The molecule has 2 heterocycles. The molecule has 2 aromatic carbocycles. The van der Waals surface area contributed by atoms with Gasteiger partial charge in [-0.25, -0.2) is 0 Å². The molecule has 1 aliphatic heterocycles. The second-order valence-corrected chi connectivity index (χ2v) is 7.41. The Balaban J connectivity index is 0.00000256. The van der Waals surface area contributed by atoms with E-state index in [1.54, 1.807) is 31.2 Å². The lowest BCUT2D eigenvalue weighted by atomic mass is 9.96. The van der Waals surface area contributed by atoms with Crippen LogP contribution >= 0.6 is 12.4 Å². The summed E-state index contributed by atoms with van der Waals surface area (Å²) in [7, 11) is 0. The number of aromatic amines is 1. The molecule has 4 rings (SSSR count). The van der Waals surface area contributed by atoms with E-state index in [4.69, 9.17) is 0 Å². The molecular weight excluding hydrogens is 417 g/mol. The number of anilines is 1. The van der Waals surface area contributed by atoms with E-state index in [9.17, 15) is 18.0 Å². The second kappa shape index (κ2) is 8.65. The maximum atomic E-state index is 13.5. The molecule has 1 fully saturated rings. The zero-order valence-electron chi connectivity index (χ0n) is 16.3. The van der Waals surface area contributed by atoms with Crippen molar-refractivity contribution in [2.45, 2.75) is 25.9 Å². The average molecular weight is 439 g/mol. The fraction of sp³-hybridized carbons (Fsp3) is 0.333. The van der Waals surface area contributed by atoms with Gasteiger partial charge < -0.3 is 10.6 Å². The molecule has 160 valence electrons. The molecule has 1 amide bonds. The first-order valence-corrected chi connectivity index (χ1v) is 9.51. The summed E-state index contributed by atoms with van der Waals surface area (Å²) in [4.78, 5) is 12.5. The number of nitrogens with one attached hydrogen (secondary N) is 3. The van der Waals surface area contributed by atoms with Gasteiger partial charge in [-0.2, -0.15) is 18.3 Å². The fourth-order valence-electron chi connectivity index (χ4n) is 3.72. The molecule has 9 heteroatoms. The minimum Gasteiger partial charge on any atom is -0.316 e. The summed E-state index contributed by atoms with van der Waals surface area (Å²) >= 11 is 0. The van der Waals surface area contributed by atoms with Gasteiger partial charge in [-0.3, -0.25) is 9.89 Å². The van der Waals surface area contributed by atoms with Crippen molar-refractivity contribution in [3.05, 3.63) is 47.5 Å². The Kier molecular flexibility index (Phi) is 6.38. The molecule has 1 aliphatic rings. The van der Waals surface area contributed by atoms with E-state index in [1.165, 1.54) is 6.07 Å². The SMILES string of the molecule is Cc1ccc(-c2ccc3[nH]nc(NC(=O)[C@@H]4CCCNC4)c3c2)c(C(F)(F)F)c1.Cl. The molecule has 1 saturated heterocycles. The molecular formula is C21H22ClF3N4O. The number of hydrogen-bond donors (Lipinski definition) is 3. The van der Waals surface area contributed by atoms with E-state index in [2.05, 4.69) is 20.8 Å². The Bertz CT molecular complexity index is 1060. The fourth-order valence-corrected chi connectivity index (χ4v) is 3.72. The third-order valence-corrected chi connectivity index (χ3v) is 5.26. The van der Waals surface area contributed by atoms with Crippen LogP contribution in [0.1, 0.15) is 24.0 Å². The van der Waals surface area contributed by atoms with Gasteiger partial charge in [-0.15, -0.1) is 12.4 Å². The molecule has 3 N–H and O–H groups in total. The first kappa shape index (κ1) is 22.1.